The first-order valence-electron chi connectivity index (χ1n) is 4.48. The third kappa shape index (κ3) is 7.46. The average molecular weight is 208 g/mol. The van der Waals surface area contributed by atoms with Crippen LogP contribution in [0, 0.1) is 23.8 Å². The summed E-state index contributed by atoms with van der Waals surface area (Å²) in [7, 11) is -1.42. The van der Waals surface area contributed by atoms with Crippen molar-refractivity contribution in [1.29, 1.82) is 0 Å². The van der Waals surface area contributed by atoms with Crippen LogP contribution in [0.4, 0.5) is 0 Å². The Labute approximate surface area is 87.0 Å². The molecule has 0 amide bonds. The summed E-state index contributed by atoms with van der Waals surface area (Å²) < 4.78 is 4.95. The lowest BCUT2D eigenvalue weighted by atomic mass is 10.3. The molecular weight excluding hydrogens is 192 g/mol. The maximum Gasteiger partial charge on any atom is 0.303 e. The van der Waals surface area contributed by atoms with Crippen molar-refractivity contribution in [3.8, 4) is 23.8 Å². The summed E-state index contributed by atoms with van der Waals surface area (Å²) in [6.07, 6.45) is 5.06. The van der Waals surface area contributed by atoms with E-state index >= 15 is 0 Å². The van der Waals surface area contributed by atoms with E-state index in [1.807, 2.05) is 0 Å². The Morgan fingerprint density at radius 3 is 2.43 bits per heavy atom. The third-order valence-corrected chi connectivity index (χ3v) is 2.11. The predicted molar refractivity (Wildman–Crippen MR) is 60.1 cm³/mol. The summed E-state index contributed by atoms with van der Waals surface area (Å²) in [5.41, 5.74) is 3.13. The van der Waals surface area contributed by atoms with Crippen molar-refractivity contribution in [3.05, 3.63) is 0 Å². The van der Waals surface area contributed by atoms with Crippen molar-refractivity contribution in [3.63, 3.8) is 0 Å². The van der Waals surface area contributed by atoms with Crippen molar-refractivity contribution in [2.45, 2.75) is 39.1 Å². The van der Waals surface area contributed by atoms with Gasteiger partial charge in [-0.25, -0.2) is 0 Å². The van der Waals surface area contributed by atoms with E-state index < -0.39 is 14.2 Å². The van der Waals surface area contributed by atoms with Crippen LogP contribution in [-0.4, -0.2) is 20.1 Å². The molecule has 0 heterocycles. The molecule has 0 aromatic rings. The van der Waals surface area contributed by atoms with E-state index in [-0.39, 0.29) is 5.97 Å². The number of esters is 1. The minimum atomic E-state index is -1.42. The summed E-state index contributed by atoms with van der Waals surface area (Å²) in [4.78, 5) is 10.7. The molecular formula is C11H16O2Si. The number of carbonyl (C=O) groups excluding carboxylic acids is 1. The van der Waals surface area contributed by atoms with Crippen LogP contribution in [0.1, 0.15) is 13.3 Å². The number of hydrogen-bond acceptors (Lipinski definition) is 2. The Kier molecular flexibility index (Phi) is 5.05. The molecule has 1 atom stereocenters. The largest absolute Gasteiger partial charge is 0.448 e. The Morgan fingerprint density at radius 1 is 1.50 bits per heavy atom. The van der Waals surface area contributed by atoms with E-state index in [2.05, 4.69) is 37.0 Å². The minimum Gasteiger partial charge on any atom is -0.448 e. The van der Waals surface area contributed by atoms with Gasteiger partial charge in [-0.2, -0.15) is 0 Å². The molecule has 3 heteroatoms. The molecule has 0 radical (unpaired) electrons. The zero-order chi connectivity index (χ0) is 11.2. The first-order chi connectivity index (χ1) is 6.35. The molecule has 0 aromatic heterocycles. The first-order valence-corrected chi connectivity index (χ1v) is 7.98. The van der Waals surface area contributed by atoms with E-state index in [0.717, 1.165) is 0 Å². The van der Waals surface area contributed by atoms with Gasteiger partial charge in [0.15, 0.2) is 6.10 Å². The molecule has 0 rings (SSSR count). The molecule has 0 unspecified atom stereocenters. The van der Waals surface area contributed by atoms with E-state index in [1.54, 1.807) is 0 Å². The average Bonchev–Trinajstić information content (AvgIpc) is 1.98. The number of rotatable bonds is 2. The number of terminal acetylenes is 1. The summed E-state index contributed by atoms with van der Waals surface area (Å²) in [6, 6.07) is 0. The molecule has 0 aliphatic rings. The fourth-order valence-electron chi connectivity index (χ4n) is 0.727. The highest BCUT2D eigenvalue weighted by Gasteiger charge is 2.11. The van der Waals surface area contributed by atoms with Crippen molar-refractivity contribution >= 4 is 14.0 Å². The van der Waals surface area contributed by atoms with Crippen LogP contribution < -0.4 is 0 Å². The van der Waals surface area contributed by atoms with Gasteiger partial charge in [0.05, 0.1) is 6.42 Å². The molecule has 0 saturated carbocycles. The second-order valence-electron chi connectivity index (χ2n) is 4.03. The summed E-state index contributed by atoms with van der Waals surface area (Å²) >= 11 is 0. The van der Waals surface area contributed by atoms with Gasteiger partial charge < -0.3 is 4.74 Å². The van der Waals surface area contributed by atoms with Gasteiger partial charge in [0, 0.05) is 6.92 Å². The smallest absolute Gasteiger partial charge is 0.303 e. The molecule has 0 spiro atoms. The lowest BCUT2D eigenvalue weighted by Crippen LogP contribution is -2.19. The van der Waals surface area contributed by atoms with Crippen LogP contribution in [0.5, 0.6) is 0 Å². The lowest BCUT2D eigenvalue weighted by Gasteiger charge is -2.09. The van der Waals surface area contributed by atoms with E-state index in [1.165, 1.54) is 6.92 Å². The zero-order valence-electron chi connectivity index (χ0n) is 9.18. The Bertz CT molecular complexity index is 296. The predicted octanol–water partition coefficient (Wildman–Crippen LogP) is 1.82. The van der Waals surface area contributed by atoms with Crippen molar-refractivity contribution in [1.82, 2.24) is 0 Å². The normalized spacial score (nSPS) is 11.9. The van der Waals surface area contributed by atoms with Gasteiger partial charge in [-0.1, -0.05) is 25.6 Å². The number of hydrogen-bond donors (Lipinski definition) is 0. The quantitative estimate of drug-likeness (QED) is 0.393. The molecule has 0 saturated heterocycles. The number of carbonyl (C=O) groups is 1. The molecule has 0 aromatic carbocycles. The molecule has 0 N–H and O–H groups in total. The van der Waals surface area contributed by atoms with Crippen molar-refractivity contribution < 1.29 is 9.53 Å². The van der Waals surface area contributed by atoms with Crippen LogP contribution >= 0.6 is 0 Å². The molecule has 0 bridgehead atoms. The fourth-order valence-corrected chi connectivity index (χ4v) is 1.32. The topological polar surface area (TPSA) is 26.3 Å². The van der Waals surface area contributed by atoms with Gasteiger partial charge in [-0.15, -0.1) is 17.9 Å². The highest BCUT2D eigenvalue weighted by Crippen LogP contribution is 2.00. The van der Waals surface area contributed by atoms with Crippen LogP contribution in [0.15, 0.2) is 0 Å². The van der Waals surface area contributed by atoms with E-state index in [9.17, 15) is 4.79 Å². The molecule has 0 aliphatic heterocycles. The number of ether oxygens (including phenoxy) is 1. The Balaban J connectivity index is 4.43. The van der Waals surface area contributed by atoms with Gasteiger partial charge in [-0.05, 0) is 0 Å². The van der Waals surface area contributed by atoms with Crippen molar-refractivity contribution in [2.24, 2.45) is 0 Å². The van der Waals surface area contributed by atoms with Gasteiger partial charge in [0.1, 0.15) is 8.07 Å². The van der Waals surface area contributed by atoms with Crippen LogP contribution in [-0.2, 0) is 9.53 Å². The van der Waals surface area contributed by atoms with Crippen LogP contribution in [0.3, 0.4) is 0 Å². The highest BCUT2D eigenvalue weighted by atomic mass is 28.3. The van der Waals surface area contributed by atoms with Gasteiger partial charge >= 0.3 is 5.97 Å². The summed E-state index contributed by atoms with van der Waals surface area (Å²) in [6.45, 7) is 7.74. The minimum absolute atomic E-state index is 0.338. The molecule has 0 aliphatic carbocycles. The molecule has 2 nitrogen and oxygen atoms in total. The van der Waals surface area contributed by atoms with Gasteiger partial charge in [0.2, 0.25) is 0 Å². The second-order valence-corrected chi connectivity index (χ2v) is 8.78. The SMILES string of the molecule is C#CC[C@H](C#C[Si](C)(C)C)OC(C)=O. The summed E-state index contributed by atoms with van der Waals surface area (Å²) in [5, 5.41) is 0. The standard InChI is InChI=1S/C11H16O2Si/c1-6-7-11(13-10(2)12)8-9-14(3,4)5/h1,11H,7H2,2-5H3/t11-/m1/s1. The van der Waals surface area contributed by atoms with Crippen molar-refractivity contribution in [2.75, 3.05) is 0 Å². The van der Waals surface area contributed by atoms with Crippen LogP contribution in [0.2, 0.25) is 19.6 Å². The maximum absolute atomic E-state index is 10.7. The Hall–Kier alpha value is -1.19. The second kappa shape index (κ2) is 5.52. The third-order valence-electron chi connectivity index (χ3n) is 1.22. The maximum atomic E-state index is 10.7. The van der Waals surface area contributed by atoms with Gasteiger partial charge in [0.25, 0.3) is 0 Å². The lowest BCUT2D eigenvalue weighted by molar-refractivity contribution is -0.143. The summed E-state index contributed by atoms with van der Waals surface area (Å²) in [5.74, 6) is 5.03. The molecule has 76 valence electrons. The fraction of sp³-hybridized carbons (Fsp3) is 0.545. The molecule has 14 heavy (non-hydrogen) atoms. The first kappa shape index (κ1) is 12.8. The molecule has 0 fully saturated rings. The van der Waals surface area contributed by atoms with E-state index in [0.29, 0.717) is 6.42 Å². The monoisotopic (exact) mass is 208 g/mol. The van der Waals surface area contributed by atoms with Crippen LogP contribution in [0.25, 0.3) is 0 Å². The Morgan fingerprint density at radius 2 is 2.07 bits per heavy atom. The van der Waals surface area contributed by atoms with E-state index in [4.69, 9.17) is 11.2 Å². The zero-order valence-corrected chi connectivity index (χ0v) is 10.2. The van der Waals surface area contributed by atoms with Gasteiger partial charge in [-0.3, -0.25) is 4.79 Å². The highest BCUT2D eigenvalue weighted by molar-refractivity contribution is 6.83.